The summed E-state index contributed by atoms with van der Waals surface area (Å²) < 4.78 is 49.0. The lowest BCUT2D eigenvalue weighted by Gasteiger charge is -2.12. The van der Waals surface area contributed by atoms with Gasteiger partial charge < -0.3 is 14.8 Å². The molecule has 3 heterocycles. The summed E-state index contributed by atoms with van der Waals surface area (Å²) in [7, 11) is -2.41. The van der Waals surface area contributed by atoms with Crippen molar-refractivity contribution in [1.29, 1.82) is 0 Å². The number of rotatable bonds is 13. The number of nitrogens with zero attached hydrogens (tertiary/aromatic N) is 4. The first-order chi connectivity index (χ1) is 22.9. The van der Waals surface area contributed by atoms with Crippen molar-refractivity contribution >= 4 is 64.8 Å². The molecule has 0 aliphatic heterocycles. The zero-order chi connectivity index (χ0) is 32.6. The molecule has 0 atom stereocenters. The molecule has 0 spiro atoms. The average molecular weight is 733 g/mol. The van der Waals surface area contributed by atoms with Crippen LogP contribution in [-0.4, -0.2) is 46.4 Å². The van der Waals surface area contributed by atoms with Gasteiger partial charge in [0.1, 0.15) is 35.2 Å². The number of aromatic nitrogens is 4. The Bertz CT molecular complexity index is 2160. The van der Waals surface area contributed by atoms with Crippen LogP contribution in [0.5, 0.6) is 5.75 Å². The van der Waals surface area contributed by atoms with E-state index in [-0.39, 0.29) is 23.9 Å². The summed E-state index contributed by atoms with van der Waals surface area (Å²) in [4.78, 5) is 18.0. The van der Waals surface area contributed by atoms with E-state index in [0.717, 1.165) is 42.9 Å². The summed E-state index contributed by atoms with van der Waals surface area (Å²) in [6, 6.07) is 23.0. The van der Waals surface area contributed by atoms with Crippen molar-refractivity contribution in [1.82, 2.24) is 19.9 Å². The van der Waals surface area contributed by atoms with E-state index in [1.54, 1.807) is 41.8 Å². The molecule has 0 saturated carbocycles. The van der Waals surface area contributed by atoms with Crippen LogP contribution in [0, 0.1) is 5.82 Å². The number of anilines is 2. The maximum absolute atomic E-state index is 13.5. The molecule has 0 unspecified atom stereocenters. The molecule has 0 amide bonds. The van der Waals surface area contributed by atoms with Gasteiger partial charge in [0.2, 0.25) is 10.3 Å². The lowest BCUT2D eigenvalue weighted by Crippen LogP contribution is -2.14. The molecule has 0 saturated heterocycles. The normalized spacial score (nSPS) is 11.0. The van der Waals surface area contributed by atoms with Gasteiger partial charge in [0.25, 0.3) is 0 Å². The average Bonchev–Trinajstić information content (AvgIpc) is 3.55. The molecule has 238 valence electrons. The number of thiazole rings is 1. The molecule has 0 radical (unpaired) electrons. The highest BCUT2D eigenvalue weighted by Gasteiger charge is 2.12. The maximum Gasteiger partial charge on any atom is 0.221 e. The standard InChI is InChI=1S/C34H27BrFN5O4S2/c35-27-17-25(10-12-31(27)45-18-22-5-3-6-24(36)15-22)40-34-26-16-23(9-11-28(26)38-21-39-34)30-20-46-33(41-30)8-4-14-44-19-32(47(42)43)29-7-1-2-13-37-29/h1-3,5-7,9-13,15-17,20-21H,4,8,14,18-19H2,(H,38,39,40). The van der Waals surface area contributed by atoms with Gasteiger partial charge in [-0.3, -0.25) is 4.98 Å². The second kappa shape index (κ2) is 15.4. The lowest BCUT2D eigenvalue weighted by molar-refractivity contribution is 0.170. The van der Waals surface area contributed by atoms with Gasteiger partial charge in [-0.2, -0.15) is 8.42 Å². The van der Waals surface area contributed by atoms with Crippen molar-refractivity contribution in [3.05, 3.63) is 123 Å². The summed E-state index contributed by atoms with van der Waals surface area (Å²) in [6.07, 6.45) is 4.46. The van der Waals surface area contributed by atoms with Gasteiger partial charge in [-0.25, -0.2) is 19.3 Å². The van der Waals surface area contributed by atoms with Gasteiger partial charge in [-0.1, -0.05) is 24.3 Å². The molecule has 0 aliphatic rings. The third-order valence-electron chi connectivity index (χ3n) is 7.03. The Kier molecular flexibility index (Phi) is 10.6. The van der Waals surface area contributed by atoms with Crippen LogP contribution in [0.25, 0.3) is 22.2 Å². The molecule has 0 aliphatic carbocycles. The lowest BCUT2D eigenvalue weighted by atomic mass is 10.1. The van der Waals surface area contributed by atoms with E-state index in [4.69, 9.17) is 14.5 Å². The Morgan fingerprint density at radius 2 is 1.89 bits per heavy atom. The number of ether oxygens (including phenoxy) is 2. The largest absolute Gasteiger partial charge is 0.488 e. The first-order valence-corrected chi connectivity index (χ1v) is 17.3. The quantitative estimate of drug-likeness (QED) is 0.0736. The summed E-state index contributed by atoms with van der Waals surface area (Å²) in [5.74, 6) is 0.976. The summed E-state index contributed by atoms with van der Waals surface area (Å²) in [5, 5.41) is 7.19. The highest BCUT2D eigenvalue weighted by molar-refractivity contribution is 9.10. The van der Waals surface area contributed by atoms with E-state index in [1.807, 2.05) is 47.8 Å². The second-order valence-corrected chi connectivity index (χ2v) is 13.1. The van der Waals surface area contributed by atoms with E-state index >= 15 is 0 Å². The highest BCUT2D eigenvalue weighted by Crippen LogP contribution is 2.33. The molecular formula is C34H27BrFN5O4S2. The van der Waals surface area contributed by atoms with E-state index < -0.39 is 10.3 Å². The number of nitrogens with one attached hydrogen (secondary N) is 1. The van der Waals surface area contributed by atoms with Crippen LogP contribution in [0.3, 0.4) is 0 Å². The summed E-state index contributed by atoms with van der Waals surface area (Å²) >= 11 is 5.14. The van der Waals surface area contributed by atoms with Crippen LogP contribution in [0.1, 0.15) is 22.7 Å². The topological polar surface area (TPSA) is 116 Å². The molecule has 6 rings (SSSR count). The molecule has 1 N–H and O–H groups in total. The van der Waals surface area contributed by atoms with Gasteiger partial charge in [-0.15, -0.1) is 11.3 Å². The Balaban J connectivity index is 1.08. The monoisotopic (exact) mass is 731 g/mol. The predicted octanol–water partition coefficient (Wildman–Crippen LogP) is 7.42. The third kappa shape index (κ3) is 8.43. The van der Waals surface area contributed by atoms with Crippen LogP contribution in [-0.2, 0) is 28.1 Å². The van der Waals surface area contributed by atoms with Crippen molar-refractivity contribution < 1.29 is 22.3 Å². The van der Waals surface area contributed by atoms with Crippen LogP contribution < -0.4 is 10.1 Å². The minimum atomic E-state index is -2.41. The number of hydrogen-bond donors (Lipinski definition) is 1. The number of halogens is 2. The van der Waals surface area contributed by atoms with Gasteiger partial charge in [0, 0.05) is 41.2 Å². The summed E-state index contributed by atoms with van der Waals surface area (Å²) in [5.41, 5.74) is 4.49. The van der Waals surface area contributed by atoms with Crippen molar-refractivity contribution in [2.24, 2.45) is 0 Å². The van der Waals surface area contributed by atoms with E-state index in [0.29, 0.717) is 36.7 Å². The minimum absolute atomic E-state index is 0.0305. The number of benzene rings is 3. The van der Waals surface area contributed by atoms with Crippen LogP contribution in [0.15, 0.2) is 101 Å². The fourth-order valence-corrected chi connectivity index (χ4v) is 6.53. The molecule has 9 nitrogen and oxygen atoms in total. The highest BCUT2D eigenvalue weighted by atomic mass is 79.9. The Labute approximate surface area is 284 Å². The molecule has 3 aromatic carbocycles. The zero-order valence-electron chi connectivity index (χ0n) is 24.8. The van der Waals surface area contributed by atoms with Crippen LogP contribution in [0.4, 0.5) is 15.9 Å². The van der Waals surface area contributed by atoms with Crippen molar-refractivity contribution in [3.63, 3.8) is 0 Å². The van der Waals surface area contributed by atoms with E-state index in [1.165, 1.54) is 18.5 Å². The fraction of sp³-hybridized carbons (Fsp3) is 0.147. The van der Waals surface area contributed by atoms with Crippen molar-refractivity contribution in [3.8, 4) is 17.0 Å². The number of fused-ring (bicyclic) bond motifs is 1. The smallest absolute Gasteiger partial charge is 0.221 e. The zero-order valence-corrected chi connectivity index (χ0v) is 28.0. The van der Waals surface area contributed by atoms with Gasteiger partial charge in [0.15, 0.2) is 0 Å². The summed E-state index contributed by atoms with van der Waals surface area (Å²) in [6.45, 7) is 0.602. The molecule has 0 fully saturated rings. The first-order valence-electron chi connectivity index (χ1n) is 14.5. The minimum Gasteiger partial charge on any atom is -0.488 e. The molecule has 13 heteroatoms. The fourth-order valence-electron chi connectivity index (χ4n) is 4.72. The third-order valence-corrected chi connectivity index (χ3v) is 9.28. The van der Waals surface area contributed by atoms with E-state index in [2.05, 4.69) is 36.2 Å². The van der Waals surface area contributed by atoms with Crippen molar-refractivity contribution in [2.45, 2.75) is 19.4 Å². The predicted molar refractivity (Wildman–Crippen MR) is 185 cm³/mol. The molecule has 3 aromatic heterocycles. The maximum atomic E-state index is 13.5. The van der Waals surface area contributed by atoms with Gasteiger partial charge >= 0.3 is 0 Å². The Hall–Kier alpha value is -4.56. The molecule has 0 bridgehead atoms. The van der Waals surface area contributed by atoms with Crippen LogP contribution >= 0.6 is 27.3 Å². The van der Waals surface area contributed by atoms with Crippen LogP contribution in [0.2, 0.25) is 0 Å². The molecule has 6 aromatic rings. The number of hydrogen-bond acceptors (Lipinski definition) is 10. The number of aryl methyl sites for hydroxylation is 1. The Morgan fingerprint density at radius 3 is 2.70 bits per heavy atom. The van der Waals surface area contributed by atoms with Crippen molar-refractivity contribution in [2.75, 3.05) is 18.5 Å². The SMILES string of the molecule is O=S(=O)=C(COCCCc1nc(-c2ccc3ncnc(Nc4ccc(OCc5cccc(F)c5)c(Br)c4)c3c2)cs1)c1ccccn1. The first kappa shape index (κ1) is 32.4. The number of pyridine rings is 1. The molecule has 47 heavy (non-hydrogen) atoms. The van der Waals surface area contributed by atoms with Gasteiger partial charge in [-0.05, 0) is 82.5 Å². The van der Waals surface area contributed by atoms with Gasteiger partial charge in [0.05, 0.1) is 33.0 Å². The second-order valence-electron chi connectivity index (χ2n) is 10.3. The molecular weight excluding hydrogens is 705 g/mol. The van der Waals surface area contributed by atoms with E-state index in [9.17, 15) is 12.8 Å². The Morgan fingerprint density at radius 1 is 0.979 bits per heavy atom.